The maximum absolute atomic E-state index is 10.1. The maximum Gasteiger partial charge on any atom is 0.171 e. The van der Waals surface area contributed by atoms with Crippen molar-refractivity contribution in [2.75, 3.05) is 10.6 Å². The van der Waals surface area contributed by atoms with Crippen molar-refractivity contribution in [3.8, 4) is 11.5 Å². The monoisotopic (exact) mass is 590 g/mol. The highest BCUT2D eigenvalue weighted by Crippen LogP contribution is 2.36. The number of aliphatic hydroxyl groups is 2. The lowest BCUT2D eigenvalue weighted by atomic mass is 10.1. The molecule has 0 aliphatic carbocycles. The van der Waals surface area contributed by atoms with Gasteiger partial charge < -0.3 is 41.7 Å². The molecule has 2 rings (SSSR count). The zero-order valence-electron chi connectivity index (χ0n) is 21.9. The molecule has 2 aromatic rings. The van der Waals surface area contributed by atoms with E-state index in [1.165, 1.54) is 12.1 Å². The molecular weight excluding hydrogens is 555 g/mol. The highest BCUT2D eigenvalue weighted by Gasteiger charge is 2.17. The Morgan fingerprint density at radius 3 is 1.46 bits per heavy atom. The molecule has 0 radical (unpaired) electrons. The van der Waals surface area contributed by atoms with Crippen LogP contribution in [-0.4, -0.2) is 42.2 Å². The van der Waals surface area contributed by atoms with Gasteiger partial charge in [0.15, 0.2) is 10.2 Å². The predicted molar refractivity (Wildman–Crippen MR) is 161 cm³/mol. The number of halogens is 2. The number of phenols is 2. The predicted octanol–water partition coefficient (Wildman–Crippen LogP) is 5.98. The Hall–Kier alpha value is -2.08. The molecule has 206 valence electrons. The molecule has 2 unspecified atom stereocenters. The Morgan fingerprint density at radius 1 is 0.757 bits per heavy atom. The minimum absolute atomic E-state index is 0.0534. The fourth-order valence-electron chi connectivity index (χ4n) is 2.98. The summed E-state index contributed by atoms with van der Waals surface area (Å²) in [5.74, 6) is -0.111. The Kier molecular flexibility index (Phi) is 12.6. The van der Waals surface area contributed by atoms with E-state index in [-0.39, 0.29) is 23.1 Å². The highest BCUT2D eigenvalue weighted by atomic mass is 35.5. The molecule has 0 aromatic heterocycles. The summed E-state index contributed by atoms with van der Waals surface area (Å²) in [6.45, 7) is 12.9. The van der Waals surface area contributed by atoms with Crippen LogP contribution in [0.3, 0.4) is 0 Å². The van der Waals surface area contributed by atoms with Crippen LogP contribution in [-0.2, 0) is 0 Å². The average Bonchev–Trinajstić information content (AvgIpc) is 2.70. The number of rotatable bonds is 5. The Morgan fingerprint density at radius 2 is 1.14 bits per heavy atom. The molecule has 12 heteroatoms. The normalized spacial score (nSPS) is 12.6. The van der Waals surface area contributed by atoms with Crippen molar-refractivity contribution in [3.63, 3.8) is 0 Å². The molecule has 0 amide bonds. The molecule has 37 heavy (non-hydrogen) atoms. The van der Waals surface area contributed by atoms with Gasteiger partial charge in [-0.15, -0.1) is 0 Å². The zero-order chi connectivity index (χ0) is 28.7. The van der Waals surface area contributed by atoms with Crippen LogP contribution in [0.1, 0.15) is 71.8 Å². The van der Waals surface area contributed by atoms with Gasteiger partial charge in [0.2, 0.25) is 0 Å². The molecule has 0 fully saturated rings. The Balaban J connectivity index is 0.000000371. The number of thiocarbonyl (C=S) groups is 2. The van der Waals surface area contributed by atoms with E-state index in [1.54, 1.807) is 26.0 Å². The summed E-state index contributed by atoms with van der Waals surface area (Å²) >= 11 is 22.1. The number of benzene rings is 2. The SMILES string of the molecule is CC(C)NC(=S)Nc1cc(Cl)cc(C(C)O)c1O.CC(O)c1cc(Cl)cc(NC(=S)NC(C)(C)C)c1O. The molecule has 2 atom stereocenters. The van der Waals surface area contributed by atoms with E-state index in [0.29, 0.717) is 42.8 Å². The van der Waals surface area contributed by atoms with Crippen molar-refractivity contribution in [2.45, 2.75) is 72.3 Å². The average molecular weight is 592 g/mol. The van der Waals surface area contributed by atoms with Crippen molar-refractivity contribution < 1.29 is 20.4 Å². The second-order valence-corrected chi connectivity index (χ2v) is 11.4. The number of aliphatic hydroxyl groups excluding tert-OH is 2. The van der Waals surface area contributed by atoms with Crippen molar-refractivity contribution in [2.24, 2.45) is 0 Å². The third-order valence-electron chi connectivity index (χ3n) is 4.51. The molecule has 0 aliphatic heterocycles. The number of aromatic hydroxyl groups is 2. The van der Waals surface area contributed by atoms with Crippen molar-refractivity contribution in [1.29, 1.82) is 0 Å². The van der Waals surface area contributed by atoms with Crippen molar-refractivity contribution >= 4 is 69.2 Å². The van der Waals surface area contributed by atoms with Crippen molar-refractivity contribution in [3.05, 3.63) is 45.4 Å². The van der Waals surface area contributed by atoms with E-state index in [9.17, 15) is 20.4 Å². The fourth-order valence-corrected chi connectivity index (χ4v) is 4.20. The molecule has 8 nitrogen and oxygen atoms in total. The second-order valence-electron chi connectivity index (χ2n) is 9.72. The third-order valence-corrected chi connectivity index (χ3v) is 5.37. The van der Waals surface area contributed by atoms with Crippen LogP contribution in [0.4, 0.5) is 11.4 Å². The van der Waals surface area contributed by atoms with Gasteiger partial charge in [0.25, 0.3) is 0 Å². The Labute approximate surface area is 239 Å². The third kappa shape index (κ3) is 11.5. The number of hydrogen-bond donors (Lipinski definition) is 8. The van der Waals surface area contributed by atoms with Crippen LogP contribution in [0.25, 0.3) is 0 Å². The minimum Gasteiger partial charge on any atom is -0.505 e. The number of anilines is 2. The van der Waals surface area contributed by atoms with Gasteiger partial charge in [-0.2, -0.15) is 0 Å². The lowest BCUT2D eigenvalue weighted by Crippen LogP contribution is -2.42. The number of hydrogen-bond acceptors (Lipinski definition) is 6. The highest BCUT2D eigenvalue weighted by molar-refractivity contribution is 7.80. The van der Waals surface area contributed by atoms with E-state index in [4.69, 9.17) is 47.6 Å². The first-order chi connectivity index (χ1) is 16.9. The zero-order valence-corrected chi connectivity index (χ0v) is 25.0. The van der Waals surface area contributed by atoms with Crippen LogP contribution in [0.5, 0.6) is 11.5 Å². The molecule has 0 spiro atoms. The molecule has 0 bridgehead atoms. The summed E-state index contributed by atoms with van der Waals surface area (Å²) in [4.78, 5) is 0. The van der Waals surface area contributed by atoms with Gasteiger partial charge in [0.1, 0.15) is 11.5 Å². The van der Waals surface area contributed by atoms with E-state index in [0.717, 1.165) is 0 Å². The largest absolute Gasteiger partial charge is 0.505 e. The first-order valence-corrected chi connectivity index (χ1v) is 13.1. The van der Waals surface area contributed by atoms with Gasteiger partial charge in [-0.1, -0.05) is 23.2 Å². The van der Waals surface area contributed by atoms with Gasteiger partial charge >= 0.3 is 0 Å². The lowest BCUT2D eigenvalue weighted by molar-refractivity contribution is 0.194. The lowest BCUT2D eigenvalue weighted by Gasteiger charge is -2.23. The summed E-state index contributed by atoms with van der Waals surface area (Å²) < 4.78 is 0. The Bertz CT molecular complexity index is 1110. The molecule has 0 saturated carbocycles. The number of nitrogens with one attached hydrogen (secondary N) is 4. The minimum atomic E-state index is -0.816. The van der Waals surface area contributed by atoms with Gasteiger partial charge in [0.05, 0.1) is 23.6 Å². The van der Waals surface area contributed by atoms with Gasteiger partial charge in [-0.05, 0) is 97.2 Å². The van der Waals surface area contributed by atoms with E-state index in [1.807, 2.05) is 34.6 Å². The van der Waals surface area contributed by atoms with Crippen LogP contribution in [0, 0.1) is 0 Å². The van der Waals surface area contributed by atoms with E-state index < -0.39 is 12.2 Å². The summed E-state index contributed by atoms with van der Waals surface area (Å²) in [5, 5.41) is 52.6. The number of phenolic OH excluding ortho intramolecular Hbond substituents is 2. The van der Waals surface area contributed by atoms with E-state index >= 15 is 0 Å². The van der Waals surface area contributed by atoms with E-state index in [2.05, 4.69) is 21.3 Å². The quantitative estimate of drug-likeness (QED) is 0.155. The molecule has 2 aromatic carbocycles. The molecule has 0 heterocycles. The summed E-state index contributed by atoms with van der Waals surface area (Å²) in [7, 11) is 0. The van der Waals surface area contributed by atoms with Crippen LogP contribution in [0.15, 0.2) is 24.3 Å². The summed E-state index contributed by atoms with van der Waals surface area (Å²) in [6, 6.07) is 6.33. The molecular formula is C25H36Cl2N4O4S2. The standard InChI is InChI=1S/C13H19ClN2O2S.C12H17ClN2O2S/c1-7(17)9-5-8(14)6-10(11(9)18)15-12(19)16-13(2,3)4;1-6(2)14-12(18)15-10-5-8(13)4-9(7(3)16)11(10)17/h5-7,17-18H,1-4H3,(H2,15,16,19);4-7,16-17H,1-3H3,(H2,14,15,18). The van der Waals surface area contributed by atoms with Crippen LogP contribution in [0.2, 0.25) is 10.0 Å². The first kappa shape index (κ1) is 32.9. The topological polar surface area (TPSA) is 129 Å². The first-order valence-electron chi connectivity index (χ1n) is 11.5. The summed E-state index contributed by atoms with van der Waals surface area (Å²) in [6.07, 6.45) is -1.63. The summed E-state index contributed by atoms with van der Waals surface area (Å²) in [5.41, 5.74) is 1.26. The van der Waals surface area contributed by atoms with Gasteiger partial charge in [-0.3, -0.25) is 0 Å². The molecule has 8 N–H and O–H groups in total. The van der Waals surface area contributed by atoms with Crippen molar-refractivity contribution in [1.82, 2.24) is 10.6 Å². The maximum atomic E-state index is 10.1. The van der Waals surface area contributed by atoms with Gasteiger partial charge in [0, 0.05) is 32.8 Å². The van der Waals surface area contributed by atoms with Crippen LogP contribution >= 0.6 is 47.6 Å². The molecule has 0 saturated heterocycles. The molecule has 0 aliphatic rings. The smallest absolute Gasteiger partial charge is 0.171 e. The van der Waals surface area contributed by atoms with Crippen LogP contribution < -0.4 is 21.3 Å². The second kappa shape index (κ2) is 14.2. The van der Waals surface area contributed by atoms with Gasteiger partial charge in [-0.25, -0.2) is 0 Å². The fraction of sp³-hybridized carbons (Fsp3) is 0.440.